The Bertz CT molecular complexity index is 809. The van der Waals surface area contributed by atoms with E-state index in [1.54, 1.807) is 0 Å². The van der Waals surface area contributed by atoms with E-state index < -0.39 is 18.5 Å². The highest BCUT2D eigenvalue weighted by atomic mass is 19.4. The van der Waals surface area contributed by atoms with Gasteiger partial charge < -0.3 is 15.5 Å². The molecule has 6 nitrogen and oxygen atoms in total. The second-order valence-electron chi connectivity index (χ2n) is 7.54. The lowest BCUT2D eigenvalue weighted by Crippen LogP contribution is -2.26. The molecule has 1 atom stereocenters. The Balaban J connectivity index is 0.000000269. The number of ether oxygens (including phenoxy) is 1. The normalized spacial score (nSPS) is 17.3. The number of nitrogens with zero attached hydrogens (tertiary/aromatic N) is 3. The van der Waals surface area contributed by atoms with Gasteiger partial charge in [-0.15, -0.1) is 13.2 Å². The average Bonchev–Trinajstić information content (AvgIpc) is 3.25. The van der Waals surface area contributed by atoms with E-state index in [2.05, 4.69) is 26.6 Å². The van der Waals surface area contributed by atoms with Crippen molar-refractivity contribution in [3.05, 3.63) is 24.3 Å². The van der Waals surface area contributed by atoms with Crippen LogP contribution < -0.4 is 10.5 Å². The molecule has 3 N–H and O–H groups in total. The van der Waals surface area contributed by atoms with Crippen molar-refractivity contribution < 1.29 is 26.7 Å². The zero-order valence-electron chi connectivity index (χ0n) is 17.0. The second-order valence-corrected chi connectivity index (χ2v) is 7.54. The molecule has 1 unspecified atom stereocenters. The summed E-state index contributed by atoms with van der Waals surface area (Å²) in [6.07, 6.45) is -3.01. The molecule has 1 fully saturated rings. The number of anilines is 1. The van der Waals surface area contributed by atoms with E-state index in [0.29, 0.717) is 17.2 Å². The van der Waals surface area contributed by atoms with Gasteiger partial charge in [0, 0.05) is 24.2 Å². The van der Waals surface area contributed by atoms with Crippen molar-refractivity contribution in [2.45, 2.75) is 45.9 Å². The lowest BCUT2D eigenvalue weighted by Gasteiger charge is -2.13. The van der Waals surface area contributed by atoms with Gasteiger partial charge in [0.15, 0.2) is 11.6 Å². The molecule has 11 heteroatoms. The van der Waals surface area contributed by atoms with E-state index in [0.717, 1.165) is 25.3 Å². The number of hydrogen-bond donors (Lipinski definition) is 2. The number of nitrogens with one attached hydrogen (secondary N) is 1. The number of halogens is 5. The largest absolute Gasteiger partial charge is 0.573 e. The van der Waals surface area contributed by atoms with Crippen LogP contribution in [0.25, 0.3) is 11.3 Å². The molecule has 0 amide bonds. The number of likely N-dealkylation sites (tertiary alicyclic amines) is 1. The summed E-state index contributed by atoms with van der Waals surface area (Å²) in [7, 11) is 0. The maximum atomic E-state index is 12.2. The maximum Gasteiger partial charge on any atom is 0.573 e. The van der Waals surface area contributed by atoms with Crippen molar-refractivity contribution >= 4 is 5.82 Å². The third-order valence-electron chi connectivity index (χ3n) is 4.47. The minimum Gasteiger partial charge on any atom is -0.402 e. The first-order valence-electron chi connectivity index (χ1n) is 9.51. The van der Waals surface area contributed by atoms with Crippen LogP contribution in [0, 0.1) is 5.92 Å². The van der Waals surface area contributed by atoms with Gasteiger partial charge in [-0.2, -0.15) is 0 Å². The monoisotopic (exact) mass is 435 g/mol. The topological polar surface area (TPSA) is 80.1 Å². The fourth-order valence-electron chi connectivity index (χ4n) is 2.97. The number of rotatable bonds is 5. The van der Waals surface area contributed by atoms with Crippen LogP contribution in [0.4, 0.5) is 27.8 Å². The predicted octanol–water partition coefficient (Wildman–Crippen LogP) is 4.67. The minimum atomic E-state index is -4.81. The molecule has 1 aliphatic rings. The molecular weight excluding hydrogens is 409 g/mol. The number of pyridine rings is 1. The summed E-state index contributed by atoms with van der Waals surface area (Å²) in [6.45, 7) is 7.66. The van der Waals surface area contributed by atoms with E-state index in [9.17, 15) is 22.0 Å². The lowest BCUT2D eigenvalue weighted by molar-refractivity contribution is -0.274. The van der Waals surface area contributed by atoms with Gasteiger partial charge in [-0.05, 0) is 24.9 Å². The number of nitrogen functional groups attached to an aromatic ring is 1. The zero-order chi connectivity index (χ0) is 22.5. The SMILES string of the molecule is CC(C)c1ncc(-c2cnc(N)c(OC(F)(F)F)c2)[nH]1.CC1CCN(CC(F)F)C1. The van der Waals surface area contributed by atoms with Crippen molar-refractivity contribution in [1.29, 1.82) is 0 Å². The summed E-state index contributed by atoms with van der Waals surface area (Å²) in [5.74, 6) is 0.663. The van der Waals surface area contributed by atoms with Crippen molar-refractivity contribution in [1.82, 2.24) is 19.9 Å². The maximum absolute atomic E-state index is 12.2. The highest BCUT2D eigenvalue weighted by Crippen LogP contribution is 2.31. The molecule has 168 valence electrons. The number of aromatic nitrogens is 3. The zero-order valence-corrected chi connectivity index (χ0v) is 17.0. The van der Waals surface area contributed by atoms with Gasteiger partial charge in [-0.3, -0.25) is 4.90 Å². The first-order valence-corrected chi connectivity index (χ1v) is 9.51. The van der Waals surface area contributed by atoms with Crippen LogP contribution in [0.3, 0.4) is 0 Å². The molecule has 1 saturated heterocycles. The summed E-state index contributed by atoms with van der Waals surface area (Å²) >= 11 is 0. The summed E-state index contributed by atoms with van der Waals surface area (Å²) in [6, 6.07) is 1.17. The smallest absolute Gasteiger partial charge is 0.402 e. The standard InChI is InChI=1S/C12H13F3N4O.C7H13F2N/c1-6(2)11-18-5-8(19-11)7-3-9(10(16)17-4-7)20-12(13,14)15;1-6-2-3-10(4-6)5-7(8)9/h3-6H,1-2H3,(H2,16,17)(H,18,19);6-7H,2-5H2,1H3. The van der Waals surface area contributed by atoms with Crippen LogP contribution in [-0.4, -0.2) is 52.3 Å². The van der Waals surface area contributed by atoms with Crippen LogP contribution in [0.15, 0.2) is 18.5 Å². The van der Waals surface area contributed by atoms with Gasteiger partial charge in [0.25, 0.3) is 6.43 Å². The third-order valence-corrected chi connectivity index (χ3v) is 4.47. The molecule has 0 spiro atoms. The van der Waals surface area contributed by atoms with E-state index in [-0.39, 0.29) is 18.3 Å². The number of imidazole rings is 1. The molecule has 0 saturated carbocycles. The Kier molecular flexibility index (Phi) is 7.99. The van der Waals surface area contributed by atoms with Crippen LogP contribution >= 0.6 is 0 Å². The number of hydrogen-bond acceptors (Lipinski definition) is 5. The summed E-state index contributed by atoms with van der Waals surface area (Å²) in [4.78, 5) is 12.7. The van der Waals surface area contributed by atoms with Crippen molar-refractivity contribution in [3.8, 4) is 17.0 Å². The van der Waals surface area contributed by atoms with Gasteiger partial charge in [-0.25, -0.2) is 18.7 Å². The molecule has 0 radical (unpaired) electrons. The van der Waals surface area contributed by atoms with E-state index in [4.69, 9.17) is 5.73 Å². The summed E-state index contributed by atoms with van der Waals surface area (Å²) in [5.41, 5.74) is 6.33. The van der Waals surface area contributed by atoms with Crippen LogP contribution in [0.2, 0.25) is 0 Å². The Morgan fingerprint density at radius 2 is 1.97 bits per heavy atom. The third kappa shape index (κ3) is 7.43. The quantitative estimate of drug-likeness (QED) is 0.668. The predicted molar refractivity (Wildman–Crippen MR) is 103 cm³/mol. The second kappa shape index (κ2) is 10.1. The molecule has 2 aromatic heterocycles. The Morgan fingerprint density at radius 1 is 1.27 bits per heavy atom. The number of nitrogens with two attached hydrogens (primary N) is 1. The first-order chi connectivity index (χ1) is 13.9. The van der Waals surface area contributed by atoms with Crippen LogP contribution in [-0.2, 0) is 0 Å². The summed E-state index contributed by atoms with van der Waals surface area (Å²) < 4.78 is 64.1. The Morgan fingerprint density at radius 3 is 2.47 bits per heavy atom. The molecule has 1 aliphatic heterocycles. The van der Waals surface area contributed by atoms with E-state index >= 15 is 0 Å². The average molecular weight is 435 g/mol. The molecule has 30 heavy (non-hydrogen) atoms. The summed E-state index contributed by atoms with van der Waals surface area (Å²) in [5, 5.41) is 0. The molecule has 0 bridgehead atoms. The van der Waals surface area contributed by atoms with Gasteiger partial charge >= 0.3 is 6.36 Å². The first kappa shape index (κ1) is 23.8. The van der Waals surface area contributed by atoms with E-state index in [1.807, 2.05) is 18.7 Å². The van der Waals surface area contributed by atoms with Gasteiger partial charge in [-0.1, -0.05) is 20.8 Å². The van der Waals surface area contributed by atoms with Crippen molar-refractivity contribution in [2.24, 2.45) is 5.92 Å². The molecule has 0 aliphatic carbocycles. The van der Waals surface area contributed by atoms with Gasteiger partial charge in [0.1, 0.15) is 5.82 Å². The van der Waals surface area contributed by atoms with Gasteiger partial charge in [0.2, 0.25) is 0 Å². The Labute approximate surface area is 171 Å². The molecule has 3 rings (SSSR count). The fraction of sp³-hybridized carbons (Fsp3) is 0.579. The highest BCUT2D eigenvalue weighted by molar-refractivity contribution is 5.63. The number of aromatic amines is 1. The van der Waals surface area contributed by atoms with Crippen LogP contribution in [0.1, 0.15) is 38.9 Å². The molecule has 2 aromatic rings. The van der Waals surface area contributed by atoms with E-state index in [1.165, 1.54) is 18.5 Å². The number of H-pyrrole nitrogens is 1. The molecular formula is C19H26F5N5O. The Hall–Kier alpha value is -2.43. The molecule has 3 heterocycles. The number of alkyl halides is 5. The van der Waals surface area contributed by atoms with Crippen molar-refractivity contribution in [3.63, 3.8) is 0 Å². The fourth-order valence-corrected chi connectivity index (χ4v) is 2.97. The van der Waals surface area contributed by atoms with Crippen LogP contribution in [0.5, 0.6) is 5.75 Å². The van der Waals surface area contributed by atoms with Gasteiger partial charge in [0.05, 0.1) is 18.4 Å². The lowest BCUT2D eigenvalue weighted by atomic mass is 10.2. The molecule has 0 aromatic carbocycles. The highest BCUT2D eigenvalue weighted by Gasteiger charge is 2.32. The van der Waals surface area contributed by atoms with Crippen molar-refractivity contribution in [2.75, 3.05) is 25.4 Å². The minimum absolute atomic E-state index is 0.0374.